The highest BCUT2D eigenvalue weighted by molar-refractivity contribution is 9.10. The molecular weight excluding hydrogens is 430 g/mol. The van der Waals surface area contributed by atoms with Crippen LogP contribution in [-0.4, -0.2) is 46.1 Å². The van der Waals surface area contributed by atoms with Crippen LogP contribution in [0.4, 0.5) is 0 Å². The SMILES string of the molecule is O=C(CNCC1(O)CCCCC1)N1CCc2ccccc2C1c1cccc(Br)n1. The topological polar surface area (TPSA) is 65.5 Å². The third-order valence-electron chi connectivity index (χ3n) is 6.14. The minimum Gasteiger partial charge on any atom is -0.389 e. The lowest BCUT2D eigenvalue weighted by Gasteiger charge is -2.38. The number of carbonyl (C=O) groups excluding carboxylic acids is 1. The number of benzene rings is 1. The Morgan fingerprint density at radius 1 is 1.17 bits per heavy atom. The van der Waals surface area contributed by atoms with Gasteiger partial charge in [0.2, 0.25) is 5.91 Å². The molecule has 2 aliphatic rings. The van der Waals surface area contributed by atoms with E-state index in [0.29, 0.717) is 13.1 Å². The number of halogens is 1. The molecule has 1 aromatic carbocycles. The third kappa shape index (κ3) is 4.71. The van der Waals surface area contributed by atoms with Gasteiger partial charge < -0.3 is 15.3 Å². The Labute approximate surface area is 180 Å². The molecule has 1 fully saturated rings. The van der Waals surface area contributed by atoms with E-state index in [9.17, 15) is 9.90 Å². The number of amides is 1. The van der Waals surface area contributed by atoms with E-state index in [2.05, 4.69) is 38.4 Å². The molecular formula is C23H28BrN3O2. The number of hydrogen-bond donors (Lipinski definition) is 2. The smallest absolute Gasteiger partial charge is 0.237 e. The van der Waals surface area contributed by atoms with E-state index in [1.54, 1.807) is 0 Å². The minimum absolute atomic E-state index is 0.0469. The predicted molar refractivity (Wildman–Crippen MR) is 117 cm³/mol. The largest absolute Gasteiger partial charge is 0.389 e. The lowest BCUT2D eigenvalue weighted by Crippen LogP contribution is -2.48. The number of nitrogens with one attached hydrogen (secondary N) is 1. The summed E-state index contributed by atoms with van der Waals surface area (Å²) in [4.78, 5) is 19.7. The van der Waals surface area contributed by atoms with Crippen molar-refractivity contribution in [2.75, 3.05) is 19.6 Å². The van der Waals surface area contributed by atoms with Crippen molar-refractivity contribution in [2.45, 2.75) is 50.2 Å². The van der Waals surface area contributed by atoms with Gasteiger partial charge in [-0.25, -0.2) is 4.98 Å². The number of carbonyl (C=O) groups is 1. The lowest BCUT2D eigenvalue weighted by atomic mass is 9.85. The zero-order chi connectivity index (χ0) is 20.3. The molecule has 1 saturated carbocycles. The van der Waals surface area contributed by atoms with Gasteiger partial charge in [0.15, 0.2) is 0 Å². The molecule has 2 heterocycles. The fourth-order valence-electron chi connectivity index (χ4n) is 4.62. The van der Waals surface area contributed by atoms with Crippen LogP contribution in [-0.2, 0) is 11.2 Å². The Balaban J connectivity index is 1.51. The Kier molecular flexibility index (Phi) is 6.32. The van der Waals surface area contributed by atoms with Crippen LogP contribution in [0.5, 0.6) is 0 Å². The Bertz CT molecular complexity index is 867. The van der Waals surface area contributed by atoms with Gasteiger partial charge in [-0.2, -0.15) is 0 Å². The molecule has 1 atom stereocenters. The monoisotopic (exact) mass is 457 g/mol. The Hall–Kier alpha value is -1.76. The number of nitrogens with zero attached hydrogens (tertiary/aromatic N) is 2. The first-order valence-corrected chi connectivity index (χ1v) is 11.3. The van der Waals surface area contributed by atoms with Crippen LogP contribution in [0.2, 0.25) is 0 Å². The van der Waals surface area contributed by atoms with Crippen LogP contribution >= 0.6 is 15.9 Å². The van der Waals surface area contributed by atoms with Crippen molar-refractivity contribution in [3.05, 3.63) is 63.9 Å². The van der Waals surface area contributed by atoms with Crippen molar-refractivity contribution in [2.24, 2.45) is 0 Å². The summed E-state index contributed by atoms with van der Waals surface area (Å²) in [5, 5.41) is 13.9. The second-order valence-corrected chi connectivity index (χ2v) is 9.02. The summed E-state index contributed by atoms with van der Waals surface area (Å²) in [7, 11) is 0. The molecule has 0 radical (unpaired) electrons. The van der Waals surface area contributed by atoms with Crippen molar-refractivity contribution in [1.82, 2.24) is 15.2 Å². The molecule has 1 unspecified atom stereocenters. The quantitative estimate of drug-likeness (QED) is 0.673. The molecule has 154 valence electrons. The fraction of sp³-hybridized carbons (Fsp3) is 0.478. The number of fused-ring (bicyclic) bond motifs is 1. The molecule has 0 saturated heterocycles. The zero-order valence-corrected chi connectivity index (χ0v) is 18.2. The molecule has 1 amide bonds. The van der Waals surface area contributed by atoms with E-state index in [1.165, 1.54) is 12.0 Å². The van der Waals surface area contributed by atoms with E-state index in [-0.39, 0.29) is 18.5 Å². The van der Waals surface area contributed by atoms with E-state index in [1.807, 2.05) is 35.2 Å². The van der Waals surface area contributed by atoms with Gasteiger partial charge in [0.05, 0.1) is 23.9 Å². The van der Waals surface area contributed by atoms with Crippen LogP contribution < -0.4 is 5.32 Å². The molecule has 2 aromatic rings. The summed E-state index contributed by atoms with van der Waals surface area (Å²) >= 11 is 3.46. The van der Waals surface area contributed by atoms with Crippen molar-refractivity contribution in [3.8, 4) is 0 Å². The standard InChI is InChI=1S/C23H28BrN3O2/c24-20-10-6-9-19(26-20)22-18-8-3-2-7-17(18)11-14-27(22)21(28)15-25-16-23(29)12-4-1-5-13-23/h2-3,6-10,22,25,29H,1,4-5,11-16H2. The van der Waals surface area contributed by atoms with Crippen LogP contribution in [0.15, 0.2) is 47.1 Å². The molecule has 29 heavy (non-hydrogen) atoms. The number of aliphatic hydroxyl groups is 1. The van der Waals surface area contributed by atoms with Gasteiger partial charge in [-0.3, -0.25) is 4.79 Å². The van der Waals surface area contributed by atoms with Gasteiger partial charge >= 0.3 is 0 Å². The van der Waals surface area contributed by atoms with Crippen molar-refractivity contribution in [3.63, 3.8) is 0 Å². The van der Waals surface area contributed by atoms with Crippen molar-refractivity contribution >= 4 is 21.8 Å². The number of hydrogen-bond acceptors (Lipinski definition) is 4. The second-order valence-electron chi connectivity index (χ2n) is 8.21. The van der Waals surface area contributed by atoms with E-state index >= 15 is 0 Å². The summed E-state index contributed by atoms with van der Waals surface area (Å²) in [5.74, 6) is 0.0469. The molecule has 6 heteroatoms. The van der Waals surface area contributed by atoms with Gasteiger partial charge in [-0.15, -0.1) is 0 Å². The molecule has 2 N–H and O–H groups in total. The van der Waals surface area contributed by atoms with E-state index in [4.69, 9.17) is 0 Å². The summed E-state index contributed by atoms with van der Waals surface area (Å²) in [6, 6.07) is 14.0. The molecule has 4 rings (SSSR count). The highest BCUT2D eigenvalue weighted by Gasteiger charge is 2.33. The van der Waals surface area contributed by atoms with Crippen LogP contribution in [0.25, 0.3) is 0 Å². The van der Waals surface area contributed by atoms with Gasteiger partial charge in [-0.1, -0.05) is 49.6 Å². The third-order valence-corrected chi connectivity index (χ3v) is 6.58. The summed E-state index contributed by atoms with van der Waals surface area (Å²) in [5.41, 5.74) is 2.61. The Morgan fingerprint density at radius 2 is 1.97 bits per heavy atom. The number of aromatic nitrogens is 1. The zero-order valence-electron chi connectivity index (χ0n) is 16.6. The lowest BCUT2D eigenvalue weighted by molar-refractivity contribution is -0.132. The maximum absolute atomic E-state index is 13.2. The summed E-state index contributed by atoms with van der Waals surface area (Å²) < 4.78 is 0.767. The highest BCUT2D eigenvalue weighted by Crippen LogP contribution is 2.34. The number of rotatable bonds is 5. The first kappa shape index (κ1) is 20.5. The van der Waals surface area contributed by atoms with Crippen molar-refractivity contribution in [1.29, 1.82) is 0 Å². The summed E-state index contributed by atoms with van der Waals surface area (Å²) in [6.45, 7) is 1.37. The maximum atomic E-state index is 13.2. The normalized spacial score (nSPS) is 20.9. The average molecular weight is 458 g/mol. The second kappa shape index (κ2) is 8.94. The van der Waals surface area contributed by atoms with E-state index in [0.717, 1.165) is 48.0 Å². The van der Waals surface area contributed by atoms with Crippen LogP contribution in [0.3, 0.4) is 0 Å². The fourth-order valence-corrected chi connectivity index (χ4v) is 4.98. The van der Waals surface area contributed by atoms with E-state index < -0.39 is 5.60 Å². The minimum atomic E-state index is -0.668. The molecule has 0 spiro atoms. The average Bonchev–Trinajstić information content (AvgIpc) is 2.73. The Morgan fingerprint density at radius 3 is 2.76 bits per heavy atom. The molecule has 1 aliphatic heterocycles. The molecule has 1 aliphatic carbocycles. The van der Waals surface area contributed by atoms with Crippen molar-refractivity contribution < 1.29 is 9.90 Å². The molecule has 5 nitrogen and oxygen atoms in total. The maximum Gasteiger partial charge on any atom is 0.237 e. The number of pyridine rings is 1. The van der Waals surface area contributed by atoms with Crippen LogP contribution in [0.1, 0.15) is 55.0 Å². The summed E-state index contributed by atoms with van der Waals surface area (Å²) in [6.07, 6.45) is 5.79. The predicted octanol–water partition coefficient (Wildman–Crippen LogP) is 3.60. The van der Waals surface area contributed by atoms with Crippen LogP contribution in [0, 0.1) is 0 Å². The van der Waals surface area contributed by atoms with Gasteiger partial charge in [0.1, 0.15) is 4.60 Å². The van der Waals surface area contributed by atoms with Gasteiger partial charge in [-0.05, 0) is 58.5 Å². The van der Waals surface area contributed by atoms with Gasteiger partial charge in [0, 0.05) is 13.1 Å². The highest BCUT2D eigenvalue weighted by atomic mass is 79.9. The van der Waals surface area contributed by atoms with Gasteiger partial charge in [0.25, 0.3) is 0 Å². The first-order valence-electron chi connectivity index (χ1n) is 10.5. The molecule has 1 aromatic heterocycles. The first-order chi connectivity index (χ1) is 14.1. The molecule has 0 bridgehead atoms.